The van der Waals surface area contributed by atoms with Gasteiger partial charge in [0.05, 0.1) is 19.8 Å². The Labute approximate surface area is 114 Å². The van der Waals surface area contributed by atoms with Gasteiger partial charge in [0.2, 0.25) is 0 Å². The van der Waals surface area contributed by atoms with E-state index in [1.165, 1.54) is 0 Å². The number of likely N-dealkylation sites (tertiary alicyclic amines) is 1. The first-order chi connectivity index (χ1) is 8.60. The second kappa shape index (κ2) is 4.36. The van der Waals surface area contributed by atoms with E-state index < -0.39 is 5.79 Å². The minimum Gasteiger partial charge on any atom is -0.346 e. The van der Waals surface area contributed by atoms with Gasteiger partial charge in [-0.3, -0.25) is 4.79 Å². The highest BCUT2D eigenvalue weighted by Crippen LogP contribution is 2.31. The summed E-state index contributed by atoms with van der Waals surface area (Å²) in [6, 6.07) is 1.84. The Kier molecular flexibility index (Phi) is 2.96. The quantitative estimate of drug-likeness (QED) is 0.786. The summed E-state index contributed by atoms with van der Waals surface area (Å²) in [5.74, 6) is -0.517. The molecule has 3 heterocycles. The molecule has 98 valence electrons. The first-order valence-corrected chi connectivity index (χ1v) is 6.78. The van der Waals surface area contributed by atoms with Crippen LogP contribution in [0.25, 0.3) is 0 Å². The van der Waals surface area contributed by atoms with Gasteiger partial charge in [0.1, 0.15) is 5.69 Å². The van der Waals surface area contributed by atoms with Gasteiger partial charge in [-0.25, -0.2) is 0 Å². The van der Waals surface area contributed by atoms with Gasteiger partial charge in [-0.15, -0.1) is 0 Å². The molecule has 0 N–H and O–H groups in total. The second-order valence-corrected chi connectivity index (χ2v) is 5.65. The molecule has 0 unspecified atom stereocenters. The van der Waals surface area contributed by atoms with Gasteiger partial charge in [-0.1, -0.05) is 0 Å². The molecule has 0 atom stereocenters. The number of aryl methyl sites for hydroxylation is 1. The van der Waals surface area contributed by atoms with Crippen molar-refractivity contribution in [1.82, 2.24) is 9.47 Å². The lowest BCUT2D eigenvalue weighted by molar-refractivity contribution is -0.143. The maximum Gasteiger partial charge on any atom is 0.270 e. The molecule has 1 amide bonds. The molecule has 5 nitrogen and oxygen atoms in total. The van der Waals surface area contributed by atoms with Crippen molar-refractivity contribution in [3.8, 4) is 0 Å². The molecule has 3 rings (SSSR count). The van der Waals surface area contributed by atoms with E-state index in [0.717, 1.165) is 10.9 Å². The van der Waals surface area contributed by atoms with E-state index in [1.807, 2.05) is 23.9 Å². The zero-order valence-electron chi connectivity index (χ0n) is 10.2. The Morgan fingerprint density at radius 3 is 2.78 bits per heavy atom. The van der Waals surface area contributed by atoms with Crippen LogP contribution in [0.15, 0.2) is 16.7 Å². The first-order valence-electron chi connectivity index (χ1n) is 5.99. The van der Waals surface area contributed by atoms with Gasteiger partial charge in [0.25, 0.3) is 5.91 Å². The molecular weight excluding hydrogens is 300 g/mol. The first kappa shape index (κ1) is 12.2. The molecule has 1 spiro atoms. The second-order valence-electron chi connectivity index (χ2n) is 4.74. The predicted octanol–water partition coefficient (Wildman–Crippen LogP) is 1.38. The van der Waals surface area contributed by atoms with E-state index in [9.17, 15) is 4.79 Å². The van der Waals surface area contributed by atoms with E-state index in [4.69, 9.17) is 9.47 Å². The monoisotopic (exact) mass is 314 g/mol. The number of ether oxygens (including phenoxy) is 2. The van der Waals surface area contributed by atoms with Gasteiger partial charge in [-0.05, 0) is 22.0 Å². The lowest BCUT2D eigenvalue weighted by Gasteiger charge is -2.22. The van der Waals surface area contributed by atoms with Crippen LogP contribution in [0.4, 0.5) is 0 Å². The lowest BCUT2D eigenvalue weighted by Crippen LogP contribution is -2.37. The molecule has 2 saturated heterocycles. The summed E-state index contributed by atoms with van der Waals surface area (Å²) in [5.41, 5.74) is 0.678. The third-order valence-corrected chi connectivity index (χ3v) is 3.92. The van der Waals surface area contributed by atoms with Crippen LogP contribution >= 0.6 is 15.9 Å². The fraction of sp³-hybridized carbons (Fsp3) is 0.583. The van der Waals surface area contributed by atoms with Crippen LogP contribution < -0.4 is 0 Å². The summed E-state index contributed by atoms with van der Waals surface area (Å²) in [6.07, 6.45) is 2.63. The number of nitrogens with zero attached hydrogens (tertiary/aromatic N) is 2. The Morgan fingerprint density at radius 2 is 2.17 bits per heavy atom. The van der Waals surface area contributed by atoms with Gasteiger partial charge < -0.3 is 18.9 Å². The van der Waals surface area contributed by atoms with Gasteiger partial charge >= 0.3 is 0 Å². The van der Waals surface area contributed by atoms with Crippen LogP contribution in [0.5, 0.6) is 0 Å². The third-order valence-electron chi connectivity index (χ3n) is 3.49. The molecule has 1 aromatic heterocycles. The molecule has 2 fully saturated rings. The van der Waals surface area contributed by atoms with Crippen LogP contribution in [0.1, 0.15) is 16.9 Å². The summed E-state index contributed by atoms with van der Waals surface area (Å²) in [5, 5.41) is 0. The summed E-state index contributed by atoms with van der Waals surface area (Å²) >= 11 is 3.38. The molecule has 0 aromatic carbocycles. The van der Waals surface area contributed by atoms with E-state index in [-0.39, 0.29) is 5.91 Å². The zero-order chi connectivity index (χ0) is 12.8. The van der Waals surface area contributed by atoms with E-state index in [1.54, 1.807) is 4.90 Å². The van der Waals surface area contributed by atoms with E-state index >= 15 is 0 Å². The van der Waals surface area contributed by atoms with Crippen LogP contribution in [0.2, 0.25) is 0 Å². The molecule has 2 aliphatic heterocycles. The van der Waals surface area contributed by atoms with Crippen LogP contribution in [-0.4, -0.2) is 47.5 Å². The number of aromatic nitrogens is 1. The van der Waals surface area contributed by atoms with Crippen LogP contribution in [0, 0.1) is 0 Å². The predicted molar refractivity (Wildman–Crippen MR) is 68.3 cm³/mol. The standard InChI is InChI=1S/C12H15BrN2O3/c1-14-7-9(13)6-10(14)11(16)15-3-2-12(8-15)17-4-5-18-12/h6-7H,2-5,8H2,1H3. The summed E-state index contributed by atoms with van der Waals surface area (Å²) in [7, 11) is 1.87. The maximum absolute atomic E-state index is 12.4. The van der Waals surface area contributed by atoms with Crippen molar-refractivity contribution in [2.45, 2.75) is 12.2 Å². The Balaban J connectivity index is 1.76. The fourth-order valence-corrected chi connectivity index (χ4v) is 3.08. The molecule has 0 radical (unpaired) electrons. The number of hydrogen-bond donors (Lipinski definition) is 0. The SMILES string of the molecule is Cn1cc(Br)cc1C(=O)N1CCC2(C1)OCCO2. The third kappa shape index (κ3) is 1.98. The Morgan fingerprint density at radius 1 is 1.44 bits per heavy atom. The highest BCUT2D eigenvalue weighted by Gasteiger charge is 2.45. The van der Waals surface area contributed by atoms with Crippen molar-refractivity contribution in [2.24, 2.45) is 7.05 Å². The van der Waals surface area contributed by atoms with Crippen molar-refractivity contribution >= 4 is 21.8 Å². The van der Waals surface area contributed by atoms with Crippen LogP contribution in [0.3, 0.4) is 0 Å². The molecule has 0 bridgehead atoms. The maximum atomic E-state index is 12.4. The molecule has 1 aromatic rings. The molecule has 18 heavy (non-hydrogen) atoms. The molecule has 0 aliphatic carbocycles. The van der Waals surface area contributed by atoms with Crippen molar-refractivity contribution in [3.05, 3.63) is 22.4 Å². The van der Waals surface area contributed by atoms with Gasteiger partial charge in [0, 0.05) is 30.7 Å². The number of rotatable bonds is 1. The van der Waals surface area contributed by atoms with E-state index in [0.29, 0.717) is 32.0 Å². The van der Waals surface area contributed by atoms with Gasteiger partial charge in [0.15, 0.2) is 5.79 Å². The fourth-order valence-electron chi connectivity index (χ4n) is 2.56. The minimum atomic E-state index is -0.544. The smallest absolute Gasteiger partial charge is 0.270 e. The topological polar surface area (TPSA) is 43.7 Å². The largest absolute Gasteiger partial charge is 0.346 e. The summed E-state index contributed by atoms with van der Waals surface area (Å²) < 4.78 is 14.0. The van der Waals surface area contributed by atoms with Gasteiger partial charge in [-0.2, -0.15) is 0 Å². The minimum absolute atomic E-state index is 0.0270. The van der Waals surface area contributed by atoms with Crippen molar-refractivity contribution in [2.75, 3.05) is 26.3 Å². The van der Waals surface area contributed by atoms with E-state index in [2.05, 4.69) is 15.9 Å². The Bertz CT molecular complexity index is 480. The average Bonchev–Trinajstić information content (AvgIpc) is 3.02. The normalized spacial score (nSPS) is 22.0. The molecule has 0 saturated carbocycles. The Hall–Kier alpha value is -0.850. The highest BCUT2D eigenvalue weighted by atomic mass is 79.9. The highest BCUT2D eigenvalue weighted by molar-refractivity contribution is 9.10. The summed E-state index contributed by atoms with van der Waals surface area (Å²) in [4.78, 5) is 14.2. The molecule has 6 heteroatoms. The number of hydrogen-bond acceptors (Lipinski definition) is 3. The number of carbonyl (C=O) groups excluding carboxylic acids is 1. The van der Waals surface area contributed by atoms with Crippen molar-refractivity contribution in [1.29, 1.82) is 0 Å². The number of carbonyl (C=O) groups is 1. The summed E-state index contributed by atoms with van der Waals surface area (Å²) in [6.45, 7) is 2.45. The van der Waals surface area contributed by atoms with Crippen molar-refractivity contribution < 1.29 is 14.3 Å². The molecule has 2 aliphatic rings. The number of halogens is 1. The number of amides is 1. The lowest BCUT2D eigenvalue weighted by atomic mass is 10.2. The van der Waals surface area contributed by atoms with Crippen LogP contribution in [-0.2, 0) is 16.5 Å². The van der Waals surface area contributed by atoms with Crippen molar-refractivity contribution in [3.63, 3.8) is 0 Å². The zero-order valence-corrected chi connectivity index (χ0v) is 11.8. The average molecular weight is 315 g/mol. The molecular formula is C12H15BrN2O3.